The summed E-state index contributed by atoms with van der Waals surface area (Å²) in [6.45, 7) is 0. The molecule has 92 valence electrons. The molecule has 0 aliphatic carbocycles. The van der Waals surface area contributed by atoms with Gasteiger partial charge in [-0.2, -0.15) is 10.1 Å². The van der Waals surface area contributed by atoms with Crippen molar-refractivity contribution in [3.63, 3.8) is 0 Å². The minimum absolute atomic E-state index is 0.0823. The highest BCUT2D eigenvalue weighted by Crippen LogP contribution is 2.20. The second-order valence-electron chi connectivity index (χ2n) is 3.40. The molecule has 0 amide bonds. The van der Waals surface area contributed by atoms with Crippen molar-refractivity contribution in [3.8, 4) is 5.75 Å². The Labute approximate surface area is 101 Å². The van der Waals surface area contributed by atoms with E-state index >= 15 is 0 Å². The second-order valence-corrected chi connectivity index (χ2v) is 3.40. The van der Waals surface area contributed by atoms with E-state index in [-0.39, 0.29) is 23.2 Å². The molecule has 0 unspecified atom stereocenters. The lowest BCUT2D eigenvalue weighted by Gasteiger charge is -1.98. The molecule has 1 aromatic heterocycles. The summed E-state index contributed by atoms with van der Waals surface area (Å²) in [6, 6.07) is 5.97. The van der Waals surface area contributed by atoms with Crippen LogP contribution in [-0.4, -0.2) is 15.1 Å². The van der Waals surface area contributed by atoms with E-state index < -0.39 is 5.56 Å². The van der Waals surface area contributed by atoms with E-state index in [0.29, 0.717) is 5.69 Å². The zero-order valence-corrected chi connectivity index (χ0v) is 9.16. The predicted octanol–water partition coefficient (Wildman–Crippen LogP) is 1.06. The third kappa shape index (κ3) is 2.43. The number of benzene rings is 1. The SMILES string of the molecule is Nc1nc(N)c(N=Nc2ccc(O)cc2)c(=O)[nH]1. The molecule has 0 radical (unpaired) electrons. The summed E-state index contributed by atoms with van der Waals surface area (Å²) in [6.07, 6.45) is 0. The monoisotopic (exact) mass is 246 g/mol. The minimum atomic E-state index is -0.567. The maximum Gasteiger partial charge on any atom is 0.282 e. The van der Waals surface area contributed by atoms with Crippen LogP contribution >= 0.6 is 0 Å². The molecule has 2 aromatic rings. The third-order valence-electron chi connectivity index (χ3n) is 2.06. The number of aromatic hydroxyl groups is 1. The highest BCUT2D eigenvalue weighted by molar-refractivity contribution is 5.57. The van der Waals surface area contributed by atoms with E-state index in [1.807, 2.05) is 0 Å². The number of phenols is 1. The molecule has 0 spiro atoms. The maximum atomic E-state index is 11.5. The normalized spacial score (nSPS) is 10.9. The maximum absolute atomic E-state index is 11.5. The average molecular weight is 246 g/mol. The highest BCUT2D eigenvalue weighted by Gasteiger charge is 2.06. The lowest BCUT2D eigenvalue weighted by atomic mass is 10.3. The van der Waals surface area contributed by atoms with Crippen LogP contribution in [0.1, 0.15) is 0 Å². The highest BCUT2D eigenvalue weighted by atomic mass is 16.3. The number of hydrogen-bond donors (Lipinski definition) is 4. The Balaban J connectivity index is 2.35. The summed E-state index contributed by atoms with van der Waals surface area (Å²) >= 11 is 0. The minimum Gasteiger partial charge on any atom is -0.508 e. The van der Waals surface area contributed by atoms with E-state index in [0.717, 1.165) is 0 Å². The predicted molar refractivity (Wildman–Crippen MR) is 66.0 cm³/mol. The van der Waals surface area contributed by atoms with Gasteiger partial charge in [0.25, 0.3) is 5.56 Å². The molecule has 2 rings (SSSR count). The Bertz CT molecular complexity index is 646. The van der Waals surface area contributed by atoms with Crippen LogP contribution in [0.4, 0.5) is 23.1 Å². The van der Waals surface area contributed by atoms with E-state index in [2.05, 4.69) is 20.2 Å². The Morgan fingerprint density at radius 3 is 2.44 bits per heavy atom. The molecule has 6 N–H and O–H groups in total. The average Bonchev–Trinajstić information content (AvgIpc) is 2.30. The summed E-state index contributed by atoms with van der Waals surface area (Å²) < 4.78 is 0. The first-order valence-corrected chi connectivity index (χ1v) is 4.92. The first kappa shape index (κ1) is 11.6. The summed E-state index contributed by atoms with van der Waals surface area (Å²) in [4.78, 5) is 17.4. The summed E-state index contributed by atoms with van der Waals surface area (Å²) in [7, 11) is 0. The number of hydrogen-bond acceptors (Lipinski definition) is 7. The zero-order valence-electron chi connectivity index (χ0n) is 9.16. The number of H-pyrrole nitrogens is 1. The van der Waals surface area contributed by atoms with Crippen LogP contribution in [0.15, 0.2) is 39.3 Å². The van der Waals surface area contributed by atoms with Crippen molar-refractivity contribution in [1.29, 1.82) is 0 Å². The smallest absolute Gasteiger partial charge is 0.282 e. The van der Waals surface area contributed by atoms with Crippen molar-refractivity contribution in [2.24, 2.45) is 10.2 Å². The van der Waals surface area contributed by atoms with E-state index in [9.17, 15) is 4.79 Å². The van der Waals surface area contributed by atoms with E-state index in [1.165, 1.54) is 24.3 Å². The molecule has 8 heteroatoms. The molecule has 0 saturated carbocycles. The largest absolute Gasteiger partial charge is 0.508 e. The topological polar surface area (TPSA) is 143 Å². The number of nitrogens with zero attached hydrogens (tertiary/aromatic N) is 3. The standard InChI is InChI=1S/C10H10N6O2/c11-8-7(9(18)14-10(12)13-8)16-15-5-1-3-6(17)4-2-5/h1-4,17H,(H5,11,12,13,14,18). The molecule has 0 fully saturated rings. The van der Waals surface area contributed by atoms with Crippen molar-refractivity contribution in [3.05, 3.63) is 34.6 Å². The van der Waals surface area contributed by atoms with Gasteiger partial charge in [0.2, 0.25) is 5.95 Å². The molecule has 0 bridgehead atoms. The summed E-state index contributed by atoms with van der Waals surface area (Å²) in [5.74, 6) is -0.0691. The molecule has 0 saturated heterocycles. The van der Waals surface area contributed by atoms with Gasteiger partial charge in [0.05, 0.1) is 5.69 Å². The van der Waals surface area contributed by atoms with Gasteiger partial charge >= 0.3 is 0 Å². The van der Waals surface area contributed by atoms with Gasteiger partial charge in [-0.25, -0.2) is 0 Å². The number of rotatable bonds is 2. The molecule has 0 aliphatic heterocycles. The van der Waals surface area contributed by atoms with Gasteiger partial charge in [0.15, 0.2) is 11.5 Å². The van der Waals surface area contributed by atoms with Crippen LogP contribution in [0.2, 0.25) is 0 Å². The summed E-state index contributed by atoms with van der Waals surface area (Å²) in [5.41, 5.74) is 10.6. The molecular formula is C10H10N6O2. The van der Waals surface area contributed by atoms with Crippen molar-refractivity contribution in [2.45, 2.75) is 0 Å². The quantitative estimate of drug-likeness (QED) is 0.585. The fourth-order valence-electron chi connectivity index (χ4n) is 1.23. The van der Waals surface area contributed by atoms with Crippen molar-refractivity contribution in [1.82, 2.24) is 9.97 Å². The van der Waals surface area contributed by atoms with Gasteiger partial charge in [-0.05, 0) is 24.3 Å². The molecule has 1 heterocycles. The number of azo groups is 1. The van der Waals surface area contributed by atoms with Crippen LogP contribution in [0, 0.1) is 0 Å². The number of nitrogen functional groups attached to an aromatic ring is 2. The van der Waals surface area contributed by atoms with Crippen LogP contribution in [0.25, 0.3) is 0 Å². The molecular weight excluding hydrogens is 236 g/mol. The fraction of sp³-hybridized carbons (Fsp3) is 0. The second kappa shape index (κ2) is 4.53. The van der Waals surface area contributed by atoms with Crippen molar-refractivity contribution in [2.75, 3.05) is 11.5 Å². The van der Waals surface area contributed by atoms with Gasteiger partial charge in [0, 0.05) is 0 Å². The van der Waals surface area contributed by atoms with Crippen molar-refractivity contribution < 1.29 is 5.11 Å². The fourth-order valence-corrected chi connectivity index (χ4v) is 1.23. The lowest BCUT2D eigenvalue weighted by Crippen LogP contribution is -2.12. The van der Waals surface area contributed by atoms with Gasteiger partial charge in [-0.1, -0.05) is 0 Å². The van der Waals surface area contributed by atoms with E-state index in [1.54, 1.807) is 0 Å². The van der Waals surface area contributed by atoms with Crippen LogP contribution < -0.4 is 17.0 Å². The number of aromatic amines is 1. The Morgan fingerprint density at radius 1 is 1.17 bits per heavy atom. The van der Waals surface area contributed by atoms with Gasteiger partial charge in [-0.3, -0.25) is 9.78 Å². The Morgan fingerprint density at radius 2 is 1.83 bits per heavy atom. The lowest BCUT2D eigenvalue weighted by molar-refractivity contribution is 0.475. The molecule has 1 aromatic carbocycles. The molecule has 0 atom stereocenters. The number of aromatic nitrogens is 2. The van der Waals surface area contributed by atoms with Crippen LogP contribution in [0.5, 0.6) is 5.75 Å². The van der Waals surface area contributed by atoms with Gasteiger partial charge in [-0.15, -0.1) is 5.11 Å². The number of phenolic OH excluding ortho intramolecular Hbond substituents is 1. The molecule has 18 heavy (non-hydrogen) atoms. The van der Waals surface area contributed by atoms with Crippen LogP contribution in [-0.2, 0) is 0 Å². The number of anilines is 2. The molecule has 8 nitrogen and oxygen atoms in total. The Kier molecular flexibility index (Phi) is 2.92. The Hall–Kier alpha value is -2.90. The first-order chi connectivity index (χ1) is 8.56. The van der Waals surface area contributed by atoms with E-state index in [4.69, 9.17) is 16.6 Å². The van der Waals surface area contributed by atoms with Gasteiger partial charge in [0.1, 0.15) is 5.75 Å². The van der Waals surface area contributed by atoms with Crippen molar-refractivity contribution >= 4 is 23.1 Å². The number of nitrogens with one attached hydrogen (secondary N) is 1. The zero-order chi connectivity index (χ0) is 13.1. The van der Waals surface area contributed by atoms with Gasteiger partial charge < -0.3 is 16.6 Å². The first-order valence-electron chi connectivity index (χ1n) is 4.92. The number of nitrogens with two attached hydrogens (primary N) is 2. The summed E-state index contributed by atoms with van der Waals surface area (Å²) in [5, 5.41) is 16.6. The van der Waals surface area contributed by atoms with Crippen LogP contribution in [0.3, 0.4) is 0 Å². The molecule has 0 aliphatic rings. The third-order valence-corrected chi connectivity index (χ3v) is 2.06.